The Bertz CT molecular complexity index is 1420. The van der Waals surface area contributed by atoms with Gasteiger partial charge in [0.1, 0.15) is 23.3 Å². The number of nitrogens with zero attached hydrogens (tertiary/aromatic N) is 6. The van der Waals surface area contributed by atoms with Gasteiger partial charge in [0.15, 0.2) is 0 Å². The summed E-state index contributed by atoms with van der Waals surface area (Å²) in [5, 5.41) is 0. The first-order valence-corrected chi connectivity index (χ1v) is 18.1. The molecule has 0 N–H and O–H groups in total. The first kappa shape index (κ1) is 34.7. The van der Waals surface area contributed by atoms with Crippen molar-refractivity contribution in [3.05, 3.63) is 120 Å². The van der Waals surface area contributed by atoms with Crippen LogP contribution >= 0.6 is 0 Å². The molecule has 0 saturated heterocycles. The Labute approximate surface area is 288 Å². The van der Waals surface area contributed by atoms with Crippen molar-refractivity contribution in [2.45, 2.75) is 105 Å². The first-order chi connectivity index (χ1) is 23.6. The highest BCUT2D eigenvalue weighted by Gasteiger charge is 2.20. The predicted octanol–water partition coefficient (Wildman–Crippen LogP) is 11.6. The fourth-order valence-electron chi connectivity index (χ4n) is 5.85. The summed E-state index contributed by atoms with van der Waals surface area (Å²) in [6, 6.07) is 25.8. The molecule has 48 heavy (non-hydrogen) atoms. The molecule has 0 atom stereocenters. The number of aromatic nitrogens is 4. The summed E-state index contributed by atoms with van der Waals surface area (Å²) in [4.78, 5) is 24.2. The number of unbranched alkanes of at least 4 members (excludes halogenated alkanes) is 4. The van der Waals surface area contributed by atoms with E-state index in [0.717, 1.165) is 112 Å². The zero-order valence-corrected chi connectivity index (χ0v) is 29.4. The highest BCUT2D eigenvalue weighted by molar-refractivity contribution is 5.79. The molecule has 0 unspecified atom stereocenters. The second-order valence-corrected chi connectivity index (χ2v) is 12.7. The molecule has 0 bridgehead atoms. The van der Waals surface area contributed by atoms with Gasteiger partial charge in [-0.1, -0.05) is 83.7 Å². The maximum absolute atomic E-state index is 4.96. The molecule has 0 aliphatic carbocycles. The fourth-order valence-corrected chi connectivity index (χ4v) is 5.85. The van der Waals surface area contributed by atoms with E-state index in [1.807, 2.05) is 24.8 Å². The Morgan fingerprint density at radius 2 is 0.688 bits per heavy atom. The minimum Gasteiger partial charge on any atom is -0.279 e. The van der Waals surface area contributed by atoms with Gasteiger partial charge in [-0.2, -0.15) is 0 Å². The third-order valence-electron chi connectivity index (χ3n) is 8.78. The molecular formula is C42H52N6. The minimum atomic E-state index is 0.838. The van der Waals surface area contributed by atoms with Gasteiger partial charge in [-0.3, -0.25) is 9.80 Å². The molecule has 6 nitrogen and oxygen atoms in total. The summed E-state index contributed by atoms with van der Waals surface area (Å²) < 4.78 is 0. The van der Waals surface area contributed by atoms with Gasteiger partial charge in [0, 0.05) is 24.8 Å². The topological polar surface area (TPSA) is 58.0 Å². The van der Waals surface area contributed by atoms with Crippen LogP contribution in [-0.4, -0.2) is 19.9 Å². The minimum absolute atomic E-state index is 0.838. The van der Waals surface area contributed by atoms with Crippen LogP contribution in [0, 0.1) is 0 Å². The Morgan fingerprint density at radius 3 is 0.917 bits per heavy atom. The van der Waals surface area contributed by atoms with Crippen LogP contribution in [0.25, 0.3) is 0 Å². The van der Waals surface area contributed by atoms with Crippen molar-refractivity contribution in [3.8, 4) is 0 Å². The second kappa shape index (κ2) is 18.1. The van der Waals surface area contributed by atoms with Gasteiger partial charge in [0.05, 0.1) is 11.4 Å². The van der Waals surface area contributed by atoms with Crippen LogP contribution in [0.1, 0.15) is 101 Å². The van der Waals surface area contributed by atoms with Crippen LogP contribution < -0.4 is 9.80 Å². The van der Waals surface area contributed by atoms with E-state index in [9.17, 15) is 0 Å². The normalized spacial score (nSPS) is 11.1. The molecule has 0 spiro atoms. The van der Waals surface area contributed by atoms with Crippen LogP contribution in [0.3, 0.4) is 0 Å². The van der Waals surface area contributed by atoms with Crippen molar-refractivity contribution in [1.82, 2.24) is 19.9 Å². The standard InChI is InChI=1S/C42H52N6/c1-5-9-14-33-20-24-39(43-29-33)47(40-25-21-34(30-44-40)15-10-6-2)37-18-13-19-38(28-37)48(41-26-22-35(31-45-41)16-11-7-3)42-27-23-36(32-46-42)17-12-8-4/h13,18-32H,5-12,14-17H2,1-4H3. The summed E-state index contributed by atoms with van der Waals surface area (Å²) in [7, 11) is 0. The Kier molecular flexibility index (Phi) is 13.1. The molecule has 0 aliphatic rings. The van der Waals surface area contributed by atoms with Crippen molar-refractivity contribution in [2.75, 3.05) is 9.80 Å². The van der Waals surface area contributed by atoms with Crippen LogP contribution in [0.4, 0.5) is 34.6 Å². The molecule has 4 heterocycles. The van der Waals surface area contributed by atoms with Crippen LogP contribution in [0.15, 0.2) is 97.6 Å². The number of rotatable bonds is 18. The average molecular weight is 641 g/mol. The number of anilines is 6. The first-order valence-electron chi connectivity index (χ1n) is 18.1. The maximum Gasteiger partial charge on any atom is 0.138 e. The monoisotopic (exact) mass is 640 g/mol. The van der Waals surface area contributed by atoms with E-state index in [1.165, 1.54) is 22.3 Å². The van der Waals surface area contributed by atoms with Gasteiger partial charge < -0.3 is 0 Å². The molecule has 0 amide bonds. The molecule has 1 aromatic carbocycles. The van der Waals surface area contributed by atoms with Crippen molar-refractivity contribution in [2.24, 2.45) is 0 Å². The molecule has 5 aromatic rings. The fraction of sp³-hybridized carbons (Fsp3) is 0.381. The molecule has 4 aromatic heterocycles. The van der Waals surface area contributed by atoms with Gasteiger partial charge in [-0.05, 0) is 116 Å². The SMILES string of the molecule is CCCCc1ccc(N(c2cccc(N(c3ccc(CCCC)cn3)c3ccc(CCCC)cn3)c2)c2ccc(CCCC)cn2)nc1. The van der Waals surface area contributed by atoms with E-state index in [-0.39, 0.29) is 0 Å². The lowest BCUT2D eigenvalue weighted by Crippen LogP contribution is -2.16. The summed E-state index contributed by atoms with van der Waals surface area (Å²) in [6.45, 7) is 8.90. The van der Waals surface area contributed by atoms with E-state index >= 15 is 0 Å². The van der Waals surface area contributed by atoms with Gasteiger partial charge >= 0.3 is 0 Å². The Morgan fingerprint density at radius 1 is 0.396 bits per heavy atom. The molecule has 0 fully saturated rings. The molecule has 5 rings (SSSR count). The molecule has 0 saturated carbocycles. The van der Waals surface area contributed by atoms with E-state index in [2.05, 4.69) is 110 Å². The van der Waals surface area contributed by atoms with Crippen LogP contribution in [0.2, 0.25) is 0 Å². The molecule has 0 aliphatic heterocycles. The maximum atomic E-state index is 4.96. The second-order valence-electron chi connectivity index (χ2n) is 12.7. The lowest BCUT2D eigenvalue weighted by atomic mass is 10.1. The lowest BCUT2D eigenvalue weighted by molar-refractivity contribution is 0.791. The largest absolute Gasteiger partial charge is 0.279 e. The smallest absolute Gasteiger partial charge is 0.138 e. The lowest BCUT2D eigenvalue weighted by Gasteiger charge is -2.27. The van der Waals surface area contributed by atoms with Crippen LogP contribution in [0.5, 0.6) is 0 Å². The summed E-state index contributed by atoms with van der Waals surface area (Å²) in [5.41, 5.74) is 6.96. The number of hydrogen-bond acceptors (Lipinski definition) is 6. The van der Waals surface area contributed by atoms with Crippen molar-refractivity contribution in [3.63, 3.8) is 0 Å². The van der Waals surface area contributed by atoms with Gasteiger partial charge in [0.2, 0.25) is 0 Å². The van der Waals surface area contributed by atoms with Crippen molar-refractivity contribution < 1.29 is 0 Å². The highest BCUT2D eigenvalue weighted by atomic mass is 15.3. The number of benzene rings is 1. The van der Waals surface area contributed by atoms with Gasteiger partial charge in [0.25, 0.3) is 0 Å². The average Bonchev–Trinajstić information content (AvgIpc) is 3.14. The van der Waals surface area contributed by atoms with E-state index in [0.29, 0.717) is 0 Å². The Hall–Kier alpha value is -4.58. The van der Waals surface area contributed by atoms with E-state index in [1.54, 1.807) is 0 Å². The highest BCUT2D eigenvalue weighted by Crippen LogP contribution is 2.38. The third-order valence-corrected chi connectivity index (χ3v) is 8.78. The molecular weight excluding hydrogens is 589 g/mol. The van der Waals surface area contributed by atoms with E-state index in [4.69, 9.17) is 19.9 Å². The van der Waals surface area contributed by atoms with Gasteiger partial charge in [-0.15, -0.1) is 0 Å². The van der Waals surface area contributed by atoms with E-state index < -0.39 is 0 Å². The zero-order chi connectivity index (χ0) is 33.6. The van der Waals surface area contributed by atoms with Crippen LogP contribution in [-0.2, 0) is 25.7 Å². The molecule has 0 radical (unpaired) electrons. The summed E-state index contributed by atoms with van der Waals surface area (Å²) >= 11 is 0. The third kappa shape index (κ3) is 9.27. The number of hydrogen-bond donors (Lipinski definition) is 0. The zero-order valence-electron chi connectivity index (χ0n) is 29.4. The predicted molar refractivity (Wildman–Crippen MR) is 201 cm³/mol. The summed E-state index contributed by atoms with van der Waals surface area (Å²) in [5.74, 6) is 3.35. The quantitative estimate of drug-likeness (QED) is 0.0950. The summed E-state index contributed by atoms with van der Waals surface area (Å²) in [6.07, 6.45) is 21.5. The Balaban J connectivity index is 1.56. The van der Waals surface area contributed by atoms with Crippen molar-refractivity contribution >= 4 is 34.6 Å². The van der Waals surface area contributed by atoms with Gasteiger partial charge in [-0.25, -0.2) is 19.9 Å². The van der Waals surface area contributed by atoms with Crippen molar-refractivity contribution in [1.29, 1.82) is 0 Å². The number of pyridine rings is 4. The molecule has 6 heteroatoms. The number of aryl methyl sites for hydroxylation is 4. The molecule has 250 valence electrons.